The van der Waals surface area contributed by atoms with Gasteiger partial charge in [0.05, 0.1) is 12.6 Å². The number of amides is 2. The zero-order valence-corrected chi connectivity index (χ0v) is 17.3. The molecule has 1 saturated heterocycles. The Hall–Kier alpha value is -2.66. The highest BCUT2D eigenvalue weighted by Gasteiger charge is 2.26. The average molecular weight is 392 g/mol. The molecule has 0 bridgehead atoms. The van der Waals surface area contributed by atoms with E-state index >= 15 is 0 Å². The monoisotopic (exact) mass is 391 g/mol. The van der Waals surface area contributed by atoms with Gasteiger partial charge < -0.3 is 10.2 Å². The molecule has 1 fully saturated rings. The lowest BCUT2D eigenvalue weighted by Crippen LogP contribution is -2.51. The summed E-state index contributed by atoms with van der Waals surface area (Å²) in [6.07, 6.45) is 2.00. The Labute approximate surface area is 172 Å². The lowest BCUT2D eigenvalue weighted by atomic mass is 10.1. The van der Waals surface area contributed by atoms with Gasteiger partial charge in [-0.3, -0.25) is 14.5 Å². The van der Waals surface area contributed by atoms with Crippen molar-refractivity contribution in [3.8, 4) is 0 Å². The normalized spacial score (nSPS) is 19.1. The maximum absolute atomic E-state index is 12.8. The molecule has 1 heterocycles. The van der Waals surface area contributed by atoms with Gasteiger partial charge in [-0.2, -0.15) is 0 Å². The number of carbonyl (C=O) groups excluding carboxylic acids is 2. The van der Waals surface area contributed by atoms with Gasteiger partial charge in [0.2, 0.25) is 5.91 Å². The van der Waals surface area contributed by atoms with Crippen molar-refractivity contribution in [3.63, 3.8) is 0 Å². The molecule has 29 heavy (non-hydrogen) atoms. The molecule has 5 heteroatoms. The molecular formula is C24H29N3O2. The van der Waals surface area contributed by atoms with Crippen LogP contribution in [-0.4, -0.2) is 54.3 Å². The van der Waals surface area contributed by atoms with Crippen LogP contribution in [0.3, 0.4) is 0 Å². The van der Waals surface area contributed by atoms with E-state index in [1.54, 1.807) is 0 Å². The van der Waals surface area contributed by atoms with Crippen LogP contribution in [0.5, 0.6) is 0 Å². The minimum Gasteiger partial charge on any atom is -0.348 e. The molecule has 0 radical (unpaired) electrons. The lowest BCUT2D eigenvalue weighted by Gasteiger charge is -2.34. The average Bonchev–Trinajstić information content (AvgIpc) is 3.13. The molecule has 1 aliphatic carbocycles. The zero-order valence-electron chi connectivity index (χ0n) is 17.3. The fraction of sp³-hybridized carbons (Fsp3) is 0.417. The quantitative estimate of drug-likeness (QED) is 0.872. The van der Waals surface area contributed by atoms with Crippen molar-refractivity contribution in [1.29, 1.82) is 0 Å². The van der Waals surface area contributed by atoms with E-state index in [0.717, 1.165) is 37.1 Å². The van der Waals surface area contributed by atoms with Crippen LogP contribution in [0.25, 0.3) is 0 Å². The third-order valence-corrected chi connectivity index (χ3v) is 6.25. The van der Waals surface area contributed by atoms with E-state index in [0.29, 0.717) is 19.6 Å². The molecule has 2 amide bonds. The molecule has 152 valence electrons. The first-order valence-corrected chi connectivity index (χ1v) is 10.5. The number of hydrogen-bond donors (Lipinski definition) is 1. The number of rotatable bonds is 4. The van der Waals surface area contributed by atoms with Crippen molar-refractivity contribution >= 4 is 11.8 Å². The fourth-order valence-corrected chi connectivity index (χ4v) is 4.32. The predicted octanol–water partition coefficient (Wildman–Crippen LogP) is 2.86. The third-order valence-electron chi connectivity index (χ3n) is 6.25. The van der Waals surface area contributed by atoms with Crippen LogP contribution >= 0.6 is 0 Å². The van der Waals surface area contributed by atoms with Crippen molar-refractivity contribution in [1.82, 2.24) is 15.1 Å². The summed E-state index contributed by atoms with van der Waals surface area (Å²) >= 11 is 0. The van der Waals surface area contributed by atoms with E-state index in [1.807, 2.05) is 36.1 Å². The number of benzene rings is 2. The molecular weight excluding hydrogens is 362 g/mol. The van der Waals surface area contributed by atoms with E-state index in [9.17, 15) is 9.59 Å². The Morgan fingerprint density at radius 2 is 1.76 bits per heavy atom. The molecule has 0 spiro atoms. The topological polar surface area (TPSA) is 52.7 Å². The molecule has 2 aromatic rings. The molecule has 5 nitrogen and oxygen atoms in total. The van der Waals surface area contributed by atoms with Crippen LogP contribution < -0.4 is 5.32 Å². The summed E-state index contributed by atoms with van der Waals surface area (Å²) in [5, 5.41) is 3.19. The third kappa shape index (κ3) is 4.35. The van der Waals surface area contributed by atoms with Crippen molar-refractivity contribution in [2.24, 2.45) is 0 Å². The SMILES string of the molecule is Cc1ccc(C(=O)N2CCN(CC(=O)N[C@H]3CCc4ccccc43)CC2)cc1C. The summed E-state index contributed by atoms with van der Waals surface area (Å²) in [6.45, 7) is 7.25. The molecule has 1 N–H and O–H groups in total. The van der Waals surface area contributed by atoms with Gasteiger partial charge in [0.25, 0.3) is 5.91 Å². The first kappa shape index (κ1) is 19.6. The number of nitrogens with one attached hydrogen (secondary N) is 1. The van der Waals surface area contributed by atoms with Crippen molar-refractivity contribution in [3.05, 3.63) is 70.3 Å². The van der Waals surface area contributed by atoms with Crippen molar-refractivity contribution < 1.29 is 9.59 Å². The largest absolute Gasteiger partial charge is 0.348 e. The smallest absolute Gasteiger partial charge is 0.253 e. The number of hydrogen-bond acceptors (Lipinski definition) is 3. The maximum atomic E-state index is 12.8. The van der Waals surface area contributed by atoms with Gasteiger partial charge in [-0.25, -0.2) is 0 Å². The second-order valence-electron chi connectivity index (χ2n) is 8.22. The number of piperazine rings is 1. The summed E-state index contributed by atoms with van der Waals surface area (Å²) in [6, 6.07) is 14.4. The second-order valence-corrected chi connectivity index (χ2v) is 8.22. The standard InChI is InChI=1S/C24H29N3O2/c1-17-7-8-20(15-18(17)2)24(29)27-13-11-26(12-14-27)16-23(28)25-22-10-9-19-5-3-4-6-21(19)22/h3-8,15,22H,9-14,16H2,1-2H3,(H,25,28)/t22-/m0/s1. The molecule has 1 aliphatic heterocycles. The molecule has 0 unspecified atom stereocenters. The van der Waals surface area contributed by atoms with E-state index in [4.69, 9.17) is 0 Å². The number of carbonyl (C=O) groups is 2. The molecule has 2 aromatic carbocycles. The summed E-state index contributed by atoms with van der Waals surface area (Å²) in [4.78, 5) is 29.4. The van der Waals surface area contributed by atoms with Gasteiger partial charge in [-0.1, -0.05) is 30.3 Å². The van der Waals surface area contributed by atoms with E-state index in [2.05, 4.69) is 35.3 Å². The van der Waals surface area contributed by atoms with Gasteiger partial charge in [-0.15, -0.1) is 0 Å². The van der Waals surface area contributed by atoms with Crippen LogP contribution in [0.4, 0.5) is 0 Å². The first-order valence-electron chi connectivity index (χ1n) is 10.5. The van der Waals surface area contributed by atoms with Gasteiger partial charge in [0.15, 0.2) is 0 Å². The van der Waals surface area contributed by atoms with Crippen LogP contribution in [0, 0.1) is 13.8 Å². The lowest BCUT2D eigenvalue weighted by molar-refractivity contribution is -0.123. The van der Waals surface area contributed by atoms with Gasteiger partial charge in [-0.05, 0) is 61.1 Å². The maximum Gasteiger partial charge on any atom is 0.253 e. The molecule has 1 atom stereocenters. The van der Waals surface area contributed by atoms with Crippen LogP contribution in [0.15, 0.2) is 42.5 Å². The zero-order chi connectivity index (χ0) is 20.4. The minimum atomic E-state index is 0.0700. The number of aryl methyl sites for hydroxylation is 3. The molecule has 4 rings (SSSR count). The summed E-state index contributed by atoms with van der Waals surface area (Å²) in [5.41, 5.74) is 5.68. The van der Waals surface area contributed by atoms with Crippen LogP contribution in [-0.2, 0) is 11.2 Å². The fourth-order valence-electron chi connectivity index (χ4n) is 4.32. The highest BCUT2D eigenvalue weighted by molar-refractivity contribution is 5.94. The molecule has 0 aromatic heterocycles. The number of nitrogens with zero attached hydrogens (tertiary/aromatic N) is 2. The van der Waals surface area contributed by atoms with Crippen LogP contribution in [0.1, 0.15) is 45.1 Å². The van der Waals surface area contributed by atoms with E-state index in [1.165, 1.54) is 16.7 Å². The summed E-state index contributed by atoms with van der Waals surface area (Å²) < 4.78 is 0. The number of fused-ring (bicyclic) bond motifs is 1. The Morgan fingerprint density at radius 3 is 2.52 bits per heavy atom. The minimum absolute atomic E-state index is 0.0700. The first-order chi connectivity index (χ1) is 14.0. The Kier molecular flexibility index (Phi) is 5.67. The Balaban J connectivity index is 1.27. The highest BCUT2D eigenvalue weighted by atomic mass is 16.2. The summed E-state index contributed by atoms with van der Waals surface area (Å²) in [7, 11) is 0. The second kappa shape index (κ2) is 8.37. The van der Waals surface area contributed by atoms with Crippen LogP contribution in [0.2, 0.25) is 0 Å². The van der Waals surface area contributed by atoms with Gasteiger partial charge in [0.1, 0.15) is 0 Å². The van der Waals surface area contributed by atoms with Gasteiger partial charge >= 0.3 is 0 Å². The van der Waals surface area contributed by atoms with Crippen molar-refractivity contribution in [2.75, 3.05) is 32.7 Å². The van der Waals surface area contributed by atoms with E-state index < -0.39 is 0 Å². The highest BCUT2D eigenvalue weighted by Crippen LogP contribution is 2.30. The predicted molar refractivity (Wildman–Crippen MR) is 114 cm³/mol. The Morgan fingerprint density at radius 1 is 1.00 bits per heavy atom. The summed E-state index contributed by atoms with van der Waals surface area (Å²) in [5.74, 6) is 0.153. The van der Waals surface area contributed by atoms with Gasteiger partial charge in [0, 0.05) is 31.7 Å². The van der Waals surface area contributed by atoms with E-state index in [-0.39, 0.29) is 17.9 Å². The molecule has 2 aliphatic rings. The Bertz CT molecular complexity index is 916. The van der Waals surface area contributed by atoms with Crippen molar-refractivity contribution in [2.45, 2.75) is 32.7 Å². The molecule has 0 saturated carbocycles.